The average Bonchev–Trinajstić information content (AvgIpc) is 2.90. The smallest absolute Gasteiger partial charge is 0.326 e. The molecule has 0 radical (unpaired) electrons. The summed E-state index contributed by atoms with van der Waals surface area (Å²) in [6.45, 7) is 4.26. The van der Waals surface area contributed by atoms with Crippen LogP contribution in [0.4, 0.5) is 0 Å². The van der Waals surface area contributed by atoms with Crippen molar-refractivity contribution in [1.29, 1.82) is 0 Å². The molecular weight excluding hydrogens is 260 g/mol. The molecule has 1 aromatic rings. The number of hydrogen-bond donors (Lipinski definition) is 4. The molecule has 2 rings (SSSR count). The number of aromatic amines is 1. The van der Waals surface area contributed by atoms with Crippen molar-refractivity contribution < 1.29 is 14.7 Å². The molecule has 0 unspecified atom stereocenters. The lowest BCUT2D eigenvalue weighted by molar-refractivity contribution is -0.143. The van der Waals surface area contributed by atoms with E-state index in [1.54, 1.807) is 6.33 Å². The number of carboxylic acid groups (broad SMARTS) is 1. The lowest BCUT2D eigenvalue weighted by Crippen LogP contribution is -2.54. The fourth-order valence-electron chi connectivity index (χ4n) is 2.29. The maximum atomic E-state index is 12.2. The predicted molar refractivity (Wildman–Crippen MR) is 71.9 cm³/mol. The Morgan fingerprint density at radius 3 is 3.00 bits per heavy atom. The van der Waals surface area contributed by atoms with Crippen LogP contribution in [0, 0.1) is 5.92 Å². The van der Waals surface area contributed by atoms with Gasteiger partial charge in [0, 0.05) is 13.0 Å². The van der Waals surface area contributed by atoms with Gasteiger partial charge in [-0.15, -0.1) is 0 Å². The van der Waals surface area contributed by atoms with Crippen molar-refractivity contribution >= 4 is 11.9 Å². The lowest BCUT2D eigenvalue weighted by Gasteiger charge is -2.26. The van der Waals surface area contributed by atoms with Crippen molar-refractivity contribution in [3.8, 4) is 0 Å². The molecule has 0 saturated heterocycles. The van der Waals surface area contributed by atoms with Crippen LogP contribution in [0.15, 0.2) is 6.33 Å². The quantitative estimate of drug-likeness (QED) is 0.609. The number of imidazole rings is 1. The number of carboxylic acids is 1. The average molecular weight is 280 g/mol. The van der Waals surface area contributed by atoms with Gasteiger partial charge < -0.3 is 15.4 Å². The summed E-state index contributed by atoms with van der Waals surface area (Å²) in [6.07, 6.45) is 2.77. The molecule has 3 atom stereocenters. The van der Waals surface area contributed by atoms with E-state index in [0.29, 0.717) is 19.4 Å². The summed E-state index contributed by atoms with van der Waals surface area (Å²) >= 11 is 0. The van der Waals surface area contributed by atoms with Gasteiger partial charge in [0.15, 0.2) is 0 Å². The first kappa shape index (κ1) is 14.5. The Bertz CT molecular complexity index is 500. The van der Waals surface area contributed by atoms with Crippen molar-refractivity contribution in [3.63, 3.8) is 0 Å². The summed E-state index contributed by atoms with van der Waals surface area (Å²) in [5.41, 5.74) is 1.84. The summed E-state index contributed by atoms with van der Waals surface area (Å²) in [7, 11) is 0. The van der Waals surface area contributed by atoms with Crippen LogP contribution < -0.4 is 10.6 Å². The van der Waals surface area contributed by atoms with Gasteiger partial charge in [0.25, 0.3) is 0 Å². The van der Waals surface area contributed by atoms with E-state index in [4.69, 9.17) is 0 Å². The second kappa shape index (κ2) is 6.04. The van der Waals surface area contributed by atoms with Gasteiger partial charge in [0.1, 0.15) is 6.04 Å². The van der Waals surface area contributed by atoms with Crippen LogP contribution in [0.2, 0.25) is 0 Å². The van der Waals surface area contributed by atoms with Crippen molar-refractivity contribution in [1.82, 2.24) is 20.6 Å². The third kappa shape index (κ3) is 2.98. The second-order valence-corrected chi connectivity index (χ2v) is 5.18. The number of aliphatic carboxylic acids is 1. The normalized spacial score (nSPS) is 20.8. The third-order valence-corrected chi connectivity index (χ3v) is 3.82. The van der Waals surface area contributed by atoms with Crippen molar-refractivity contribution in [2.45, 2.75) is 45.3 Å². The van der Waals surface area contributed by atoms with E-state index < -0.39 is 18.1 Å². The largest absolute Gasteiger partial charge is 0.480 e. The van der Waals surface area contributed by atoms with Crippen LogP contribution in [-0.4, -0.2) is 39.0 Å². The molecule has 0 saturated carbocycles. The number of hydrogen-bond acceptors (Lipinski definition) is 4. The van der Waals surface area contributed by atoms with E-state index >= 15 is 0 Å². The zero-order valence-electron chi connectivity index (χ0n) is 11.6. The molecule has 1 aliphatic heterocycles. The predicted octanol–water partition coefficient (Wildman–Crippen LogP) is 0.0395. The summed E-state index contributed by atoms with van der Waals surface area (Å²) in [5.74, 6) is -1.39. The minimum absolute atomic E-state index is 0.110. The second-order valence-electron chi connectivity index (χ2n) is 5.18. The van der Waals surface area contributed by atoms with Gasteiger partial charge in [-0.1, -0.05) is 20.3 Å². The molecule has 1 aromatic heterocycles. The molecule has 0 aliphatic carbocycles. The molecule has 0 bridgehead atoms. The van der Waals surface area contributed by atoms with E-state index in [-0.39, 0.29) is 11.8 Å². The van der Waals surface area contributed by atoms with Crippen LogP contribution in [0.3, 0.4) is 0 Å². The minimum atomic E-state index is -0.996. The molecular formula is C13H20N4O3. The molecule has 1 aliphatic rings. The molecule has 110 valence electrons. The van der Waals surface area contributed by atoms with Gasteiger partial charge in [-0.2, -0.15) is 0 Å². The highest BCUT2D eigenvalue weighted by molar-refractivity contribution is 5.87. The Labute approximate surface area is 117 Å². The maximum absolute atomic E-state index is 12.2. The molecule has 0 aromatic carbocycles. The summed E-state index contributed by atoms with van der Waals surface area (Å²) < 4.78 is 0. The van der Waals surface area contributed by atoms with Crippen LogP contribution in [0.25, 0.3) is 0 Å². The molecule has 2 heterocycles. The number of aromatic nitrogens is 2. The Hall–Kier alpha value is -1.89. The molecule has 7 nitrogen and oxygen atoms in total. The Kier molecular flexibility index (Phi) is 4.39. The molecule has 7 heteroatoms. The summed E-state index contributed by atoms with van der Waals surface area (Å²) in [5, 5.41) is 14.9. The molecule has 0 fully saturated rings. The molecule has 0 spiro atoms. The van der Waals surface area contributed by atoms with Crippen LogP contribution in [0.5, 0.6) is 0 Å². The van der Waals surface area contributed by atoms with Gasteiger partial charge in [-0.3, -0.25) is 10.1 Å². The Balaban J connectivity index is 2.00. The van der Waals surface area contributed by atoms with Gasteiger partial charge in [-0.05, 0) is 5.92 Å². The van der Waals surface area contributed by atoms with Gasteiger partial charge >= 0.3 is 5.97 Å². The number of rotatable bonds is 5. The monoisotopic (exact) mass is 280 g/mol. The molecule has 20 heavy (non-hydrogen) atoms. The first-order chi connectivity index (χ1) is 9.52. The van der Waals surface area contributed by atoms with E-state index in [2.05, 4.69) is 20.6 Å². The Morgan fingerprint density at radius 1 is 1.60 bits per heavy atom. The lowest BCUT2D eigenvalue weighted by atomic mass is 9.98. The highest BCUT2D eigenvalue weighted by Crippen LogP contribution is 2.13. The van der Waals surface area contributed by atoms with E-state index in [1.165, 1.54) is 0 Å². The Morgan fingerprint density at radius 2 is 2.35 bits per heavy atom. The number of nitrogens with zero attached hydrogens (tertiary/aromatic N) is 1. The van der Waals surface area contributed by atoms with Crippen molar-refractivity contribution in [2.75, 3.05) is 0 Å². The topological polar surface area (TPSA) is 107 Å². The highest BCUT2D eigenvalue weighted by atomic mass is 16.4. The van der Waals surface area contributed by atoms with Gasteiger partial charge in [-0.25, -0.2) is 9.78 Å². The summed E-state index contributed by atoms with van der Waals surface area (Å²) in [6, 6.07) is -1.29. The van der Waals surface area contributed by atoms with E-state index in [9.17, 15) is 14.7 Å². The van der Waals surface area contributed by atoms with Crippen LogP contribution >= 0.6 is 0 Å². The first-order valence-corrected chi connectivity index (χ1v) is 6.80. The van der Waals surface area contributed by atoms with Crippen molar-refractivity contribution in [3.05, 3.63) is 17.7 Å². The van der Waals surface area contributed by atoms with E-state index in [0.717, 1.165) is 11.4 Å². The van der Waals surface area contributed by atoms with Crippen molar-refractivity contribution in [2.24, 2.45) is 5.92 Å². The number of carbonyl (C=O) groups excluding carboxylic acids is 1. The number of amides is 1. The SMILES string of the molecule is CC[C@H](C)[C@H](NC(=O)[C@@H]1Cc2nc[nH]c2CN1)C(=O)O. The van der Waals surface area contributed by atoms with Gasteiger partial charge in [0.05, 0.1) is 23.8 Å². The number of fused-ring (bicyclic) bond motifs is 1. The third-order valence-electron chi connectivity index (χ3n) is 3.82. The maximum Gasteiger partial charge on any atom is 0.326 e. The summed E-state index contributed by atoms with van der Waals surface area (Å²) in [4.78, 5) is 30.6. The zero-order chi connectivity index (χ0) is 14.7. The minimum Gasteiger partial charge on any atom is -0.480 e. The zero-order valence-corrected chi connectivity index (χ0v) is 11.6. The fourth-order valence-corrected chi connectivity index (χ4v) is 2.29. The molecule has 4 N–H and O–H groups in total. The van der Waals surface area contributed by atoms with Crippen LogP contribution in [0.1, 0.15) is 31.7 Å². The fraction of sp³-hybridized carbons (Fsp3) is 0.615. The highest BCUT2D eigenvalue weighted by Gasteiger charge is 2.31. The molecule has 1 amide bonds. The standard InChI is InChI=1S/C13H20N4O3/c1-3-7(2)11(13(19)20)17-12(18)9-4-8-10(5-14-9)16-6-15-8/h6-7,9,11,14H,3-5H2,1-2H3,(H,15,16)(H,17,18)(H,19,20)/t7-,9-,11-/m0/s1. The number of carbonyl (C=O) groups is 2. The first-order valence-electron chi connectivity index (χ1n) is 6.80. The van der Waals surface area contributed by atoms with E-state index in [1.807, 2.05) is 13.8 Å². The number of nitrogens with one attached hydrogen (secondary N) is 3. The van der Waals surface area contributed by atoms with Gasteiger partial charge in [0.2, 0.25) is 5.91 Å². The van der Waals surface area contributed by atoms with Crippen LogP contribution in [-0.2, 0) is 22.6 Å². The number of H-pyrrole nitrogens is 1.